The minimum Gasteiger partial charge on any atom is -0.507 e. The van der Waals surface area contributed by atoms with Gasteiger partial charge in [0.15, 0.2) is 0 Å². The fourth-order valence-corrected chi connectivity index (χ4v) is 7.04. The van der Waals surface area contributed by atoms with Crippen LogP contribution in [0.1, 0.15) is 43.6 Å². The van der Waals surface area contributed by atoms with Crippen LogP contribution in [0, 0.1) is 0 Å². The Morgan fingerprint density at radius 1 is 0.581 bits per heavy atom. The molecule has 8 rings (SSSR count). The first-order valence-corrected chi connectivity index (χ1v) is 15.4. The maximum atomic E-state index is 10.7. The van der Waals surface area contributed by atoms with Gasteiger partial charge in [-0.15, -0.1) is 0 Å². The summed E-state index contributed by atoms with van der Waals surface area (Å²) in [6, 6.07) is 44.3. The summed E-state index contributed by atoms with van der Waals surface area (Å²) in [6.07, 6.45) is 6.55. The molecule has 7 aromatic rings. The van der Waals surface area contributed by atoms with Crippen LogP contribution in [0.3, 0.4) is 0 Å². The van der Waals surface area contributed by atoms with Crippen LogP contribution in [-0.2, 0) is 0 Å². The van der Waals surface area contributed by atoms with Gasteiger partial charge < -0.3 is 14.4 Å². The average molecular weight is 560 g/mol. The molecule has 210 valence electrons. The fraction of sp³-hybridized carbons (Fsp3) is 0.150. The molecule has 0 unspecified atom stereocenters. The number of para-hydroxylation sites is 2. The molecule has 0 bridgehead atoms. The summed E-state index contributed by atoms with van der Waals surface area (Å²) in [5.41, 5.74) is 8.15. The van der Waals surface area contributed by atoms with E-state index in [9.17, 15) is 5.11 Å². The molecular formula is C40H33NO2. The van der Waals surface area contributed by atoms with Crippen LogP contribution in [0.4, 0.5) is 17.1 Å². The third-order valence-electron chi connectivity index (χ3n) is 9.15. The van der Waals surface area contributed by atoms with Gasteiger partial charge >= 0.3 is 0 Å². The summed E-state index contributed by atoms with van der Waals surface area (Å²) in [7, 11) is 0. The largest absolute Gasteiger partial charge is 0.507 e. The summed E-state index contributed by atoms with van der Waals surface area (Å²) in [4.78, 5) is 2.34. The SMILES string of the molecule is Oc1ccccc1-c1cccc(N(c2ccc(C3CCCCC3)cc2)c2cc3oc4ccccc4c3c3ccccc23)c1. The van der Waals surface area contributed by atoms with Crippen molar-refractivity contribution >= 4 is 49.8 Å². The molecule has 1 N–H and O–H groups in total. The predicted octanol–water partition coefficient (Wildman–Crippen LogP) is 11.6. The van der Waals surface area contributed by atoms with E-state index < -0.39 is 0 Å². The van der Waals surface area contributed by atoms with Crippen molar-refractivity contribution in [3.8, 4) is 16.9 Å². The second-order valence-corrected chi connectivity index (χ2v) is 11.7. The van der Waals surface area contributed by atoms with E-state index in [1.54, 1.807) is 6.07 Å². The zero-order valence-corrected chi connectivity index (χ0v) is 24.0. The van der Waals surface area contributed by atoms with Crippen LogP contribution in [0.25, 0.3) is 43.8 Å². The van der Waals surface area contributed by atoms with Crippen molar-refractivity contribution in [1.82, 2.24) is 0 Å². The average Bonchev–Trinajstić information content (AvgIpc) is 3.45. The normalized spacial score (nSPS) is 14.0. The van der Waals surface area contributed by atoms with Gasteiger partial charge in [0.2, 0.25) is 0 Å². The molecule has 1 fully saturated rings. The molecule has 3 nitrogen and oxygen atoms in total. The molecule has 6 aromatic carbocycles. The van der Waals surface area contributed by atoms with E-state index >= 15 is 0 Å². The third-order valence-corrected chi connectivity index (χ3v) is 9.15. The minimum absolute atomic E-state index is 0.275. The van der Waals surface area contributed by atoms with Crippen LogP contribution in [0.15, 0.2) is 132 Å². The van der Waals surface area contributed by atoms with Gasteiger partial charge in [-0.2, -0.15) is 0 Å². The molecule has 1 heterocycles. The molecule has 1 saturated carbocycles. The molecule has 1 aliphatic carbocycles. The van der Waals surface area contributed by atoms with Gasteiger partial charge in [0.1, 0.15) is 16.9 Å². The Kier molecular flexibility index (Phi) is 6.37. The smallest absolute Gasteiger partial charge is 0.138 e. The van der Waals surface area contributed by atoms with Crippen LogP contribution in [0.5, 0.6) is 5.75 Å². The summed E-state index contributed by atoms with van der Waals surface area (Å²) < 4.78 is 6.47. The summed E-state index contributed by atoms with van der Waals surface area (Å²) in [5.74, 6) is 0.922. The van der Waals surface area contributed by atoms with Gasteiger partial charge in [-0.05, 0) is 71.7 Å². The van der Waals surface area contributed by atoms with Gasteiger partial charge in [-0.1, -0.05) is 104 Å². The number of hydrogen-bond acceptors (Lipinski definition) is 3. The van der Waals surface area contributed by atoms with Gasteiger partial charge in [-0.3, -0.25) is 0 Å². The van der Waals surface area contributed by atoms with E-state index in [0.29, 0.717) is 5.92 Å². The number of nitrogens with zero attached hydrogens (tertiary/aromatic N) is 1. The summed E-state index contributed by atoms with van der Waals surface area (Å²) in [6.45, 7) is 0. The second kappa shape index (κ2) is 10.7. The molecule has 1 aromatic heterocycles. The highest BCUT2D eigenvalue weighted by molar-refractivity contribution is 6.22. The van der Waals surface area contributed by atoms with Crippen molar-refractivity contribution in [1.29, 1.82) is 0 Å². The monoisotopic (exact) mass is 559 g/mol. The predicted molar refractivity (Wildman–Crippen MR) is 179 cm³/mol. The van der Waals surface area contributed by atoms with Crippen molar-refractivity contribution in [2.45, 2.75) is 38.0 Å². The molecule has 0 radical (unpaired) electrons. The molecular weight excluding hydrogens is 526 g/mol. The lowest BCUT2D eigenvalue weighted by Crippen LogP contribution is -2.11. The highest BCUT2D eigenvalue weighted by Crippen LogP contribution is 2.46. The van der Waals surface area contributed by atoms with Gasteiger partial charge in [0.05, 0.1) is 5.69 Å². The number of aromatic hydroxyl groups is 1. The van der Waals surface area contributed by atoms with E-state index in [1.807, 2.05) is 30.3 Å². The standard InChI is InChI=1S/C40H33NO2/c42-37-19-8-6-15-32(37)29-13-10-14-31(25-29)41(30-23-21-28(22-24-30)27-11-2-1-3-12-27)36-26-39-40(34-17-5-4-16-33(34)36)35-18-7-9-20-38(35)43-39/h4-10,13-27,42H,1-3,11-12H2. The van der Waals surface area contributed by atoms with E-state index in [2.05, 4.69) is 95.9 Å². The van der Waals surface area contributed by atoms with E-state index in [1.165, 1.54) is 43.1 Å². The molecule has 0 amide bonds. The number of phenols is 1. The topological polar surface area (TPSA) is 36.6 Å². The van der Waals surface area contributed by atoms with Gasteiger partial charge in [0.25, 0.3) is 0 Å². The van der Waals surface area contributed by atoms with Crippen molar-refractivity contribution in [2.75, 3.05) is 4.90 Å². The lowest BCUT2D eigenvalue weighted by Gasteiger charge is -2.28. The Balaban J connectivity index is 1.36. The van der Waals surface area contributed by atoms with E-state index in [-0.39, 0.29) is 5.75 Å². The van der Waals surface area contributed by atoms with Crippen molar-refractivity contribution in [3.63, 3.8) is 0 Å². The molecule has 0 aliphatic heterocycles. The lowest BCUT2D eigenvalue weighted by molar-refractivity contribution is 0.443. The number of benzene rings is 6. The summed E-state index contributed by atoms with van der Waals surface area (Å²) >= 11 is 0. The molecule has 0 saturated heterocycles. The van der Waals surface area contributed by atoms with Crippen LogP contribution < -0.4 is 4.90 Å². The number of phenolic OH excluding ortho intramolecular Hbond substituents is 1. The first kappa shape index (κ1) is 25.7. The van der Waals surface area contributed by atoms with Gasteiger partial charge in [-0.25, -0.2) is 0 Å². The molecule has 43 heavy (non-hydrogen) atoms. The second-order valence-electron chi connectivity index (χ2n) is 11.7. The maximum Gasteiger partial charge on any atom is 0.138 e. The van der Waals surface area contributed by atoms with E-state index in [4.69, 9.17) is 4.42 Å². The highest BCUT2D eigenvalue weighted by Gasteiger charge is 2.22. The Morgan fingerprint density at radius 2 is 1.30 bits per heavy atom. The lowest BCUT2D eigenvalue weighted by atomic mass is 9.84. The fourth-order valence-electron chi connectivity index (χ4n) is 7.04. The Labute approximate surface area is 251 Å². The first-order chi connectivity index (χ1) is 21.2. The van der Waals surface area contributed by atoms with Crippen LogP contribution >= 0.6 is 0 Å². The molecule has 1 aliphatic rings. The van der Waals surface area contributed by atoms with Crippen LogP contribution in [-0.4, -0.2) is 5.11 Å². The minimum atomic E-state index is 0.275. The summed E-state index contributed by atoms with van der Waals surface area (Å²) in [5, 5.41) is 15.3. The zero-order valence-electron chi connectivity index (χ0n) is 24.0. The number of hydrogen-bond donors (Lipinski definition) is 1. The van der Waals surface area contributed by atoms with Crippen LogP contribution in [0.2, 0.25) is 0 Å². The van der Waals surface area contributed by atoms with Crippen molar-refractivity contribution < 1.29 is 9.52 Å². The number of furan rings is 1. The number of anilines is 3. The van der Waals surface area contributed by atoms with Gasteiger partial charge in [0, 0.05) is 39.2 Å². The number of fused-ring (bicyclic) bond motifs is 5. The Morgan fingerprint density at radius 3 is 2.12 bits per heavy atom. The van der Waals surface area contributed by atoms with Crippen molar-refractivity contribution in [2.24, 2.45) is 0 Å². The zero-order chi connectivity index (χ0) is 28.8. The Bertz CT molecular complexity index is 2080. The third kappa shape index (κ3) is 4.53. The molecule has 3 heteroatoms. The quantitative estimate of drug-likeness (QED) is 0.228. The highest BCUT2D eigenvalue weighted by atomic mass is 16.3. The first-order valence-electron chi connectivity index (χ1n) is 15.4. The Hall–Kier alpha value is -5.02. The molecule has 0 atom stereocenters. The number of rotatable bonds is 5. The van der Waals surface area contributed by atoms with E-state index in [0.717, 1.165) is 55.5 Å². The maximum absolute atomic E-state index is 10.7. The van der Waals surface area contributed by atoms with Crippen molar-refractivity contribution in [3.05, 3.63) is 133 Å². The molecule has 0 spiro atoms.